The first-order chi connectivity index (χ1) is 7.38. The number of pyridine rings is 1. The van der Waals surface area contributed by atoms with E-state index in [1.807, 2.05) is 36.0 Å². The van der Waals surface area contributed by atoms with Crippen molar-refractivity contribution in [2.24, 2.45) is 0 Å². The van der Waals surface area contributed by atoms with Gasteiger partial charge in [0.25, 0.3) is 0 Å². The van der Waals surface area contributed by atoms with Crippen LogP contribution in [-0.2, 0) is 13.2 Å². The number of aromatic nitrogens is 3. The Hall–Kier alpha value is -1.84. The number of aryl methyl sites for hydroxylation is 1. The lowest BCUT2D eigenvalue weighted by Gasteiger charge is -2.01. The van der Waals surface area contributed by atoms with E-state index in [-0.39, 0.29) is 0 Å². The fourth-order valence-electron chi connectivity index (χ4n) is 1.23. The minimum absolute atomic E-state index is 0.482. The van der Waals surface area contributed by atoms with Gasteiger partial charge in [-0.25, -0.2) is 0 Å². The second-order valence-corrected chi connectivity index (χ2v) is 3.14. The molecule has 0 fully saturated rings. The van der Waals surface area contributed by atoms with E-state index in [4.69, 9.17) is 4.74 Å². The molecule has 0 bridgehead atoms. The van der Waals surface area contributed by atoms with E-state index in [9.17, 15) is 0 Å². The standard InChI is InChI=1S/C11H13N3O/c1-2-14-8-11(7-13-14)15-9-10-5-3-4-6-12-10/h3-8H,2,9H2,1H3. The molecular weight excluding hydrogens is 190 g/mol. The smallest absolute Gasteiger partial charge is 0.157 e. The predicted octanol–water partition coefficient (Wildman–Crippen LogP) is 1.88. The maximum absolute atomic E-state index is 5.53. The van der Waals surface area contributed by atoms with Crippen molar-refractivity contribution >= 4 is 0 Å². The predicted molar refractivity (Wildman–Crippen MR) is 56.5 cm³/mol. The van der Waals surface area contributed by atoms with E-state index >= 15 is 0 Å². The van der Waals surface area contributed by atoms with Crippen molar-refractivity contribution in [3.63, 3.8) is 0 Å². The normalized spacial score (nSPS) is 10.2. The molecule has 0 radical (unpaired) electrons. The van der Waals surface area contributed by atoms with Gasteiger partial charge in [0.05, 0.1) is 18.1 Å². The molecule has 2 rings (SSSR count). The van der Waals surface area contributed by atoms with Crippen LogP contribution in [0.15, 0.2) is 36.8 Å². The summed E-state index contributed by atoms with van der Waals surface area (Å²) in [5.41, 5.74) is 0.918. The summed E-state index contributed by atoms with van der Waals surface area (Å²) < 4.78 is 7.36. The summed E-state index contributed by atoms with van der Waals surface area (Å²) >= 11 is 0. The first-order valence-corrected chi connectivity index (χ1v) is 4.93. The van der Waals surface area contributed by atoms with Crippen molar-refractivity contribution in [1.82, 2.24) is 14.8 Å². The molecule has 2 aromatic heterocycles. The van der Waals surface area contributed by atoms with Gasteiger partial charge in [-0.2, -0.15) is 5.10 Å². The van der Waals surface area contributed by atoms with E-state index in [0.29, 0.717) is 6.61 Å². The molecule has 0 aliphatic carbocycles. The van der Waals surface area contributed by atoms with Gasteiger partial charge in [-0.3, -0.25) is 9.67 Å². The second kappa shape index (κ2) is 4.59. The number of ether oxygens (including phenoxy) is 1. The Morgan fingerprint density at radius 1 is 1.40 bits per heavy atom. The topological polar surface area (TPSA) is 39.9 Å². The highest BCUT2D eigenvalue weighted by Gasteiger charge is 1.98. The number of hydrogen-bond donors (Lipinski definition) is 0. The van der Waals surface area contributed by atoms with Crippen LogP contribution >= 0.6 is 0 Å². The van der Waals surface area contributed by atoms with Gasteiger partial charge in [0.15, 0.2) is 5.75 Å². The van der Waals surface area contributed by atoms with Crippen LogP contribution in [0.3, 0.4) is 0 Å². The Kier molecular flexibility index (Phi) is 2.97. The maximum atomic E-state index is 5.53. The Labute approximate surface area is 88.5 Å². The molecule has 0 amide bonds. The SMILES string of the molecule is CCn1cc(OCc2ccccn2)cn1. The molecule has 0 aliphatic rings. The van der Waals surface area contributed by atoms with Gasteiger partial charge >= 0.3 is 0 Å². The molecule has 0 spiro atoms. The molecular formula is C11H13N3O. The second-order valence-electron chi connectivity index (χ2n) is 3.14. The highest BCUT2D eigenvalue weighted by Crippen LogP contribution is 2.09. The molecule has 0 aliphatic heterocycles. The molecule has 15 heavy (non-hydrogen) atoms. The third-order valence-electron chi connectivity index (χ3n) is 2.05. The largest absolute Gasteiger partial charge is 0.484 e. The van der Waals surface area contributed by atoms with Crippen LogP contribution in [-0.4, -0.2) is 14.8 Å². The zero-order chi connectivity index (χ0) is 10.5. The molecule has 4 nitrogen and oxygen atoms in total. The summed E-state index contributed by atoms with van der Waals surface area (Å²) in [5, 5.41) is 4.12. The molecule has 2 heterocycles. The Bertz CT molecular complexity index is 411. The van der Waals surface area contributed by atoms with Gasteiger partial charge in [0.1, 0.15) is 6.61 Å². The van der Waals surface area contributed by atoms with Crippen molar-refractivity contribution in [3.05, 3.63) is 42.5 Å². The Balaban J connectivity index is 1.93. The third-order valence-corrected chi connectivity index (χ3v) is 2.05. The Morgan fingerprint density at radius 2 is 2.33 bits per heavy atom. The lowest BCUT2D eigenvalue weighted by atomic mass is 10.4. The van der Waals surface area contributed by atoms with Gasteiger partial charge in [0.2, 0.25) is 0 Å². The van der Waals surface area contributed by atoms with Crippen molar-refractivity contribution in [2.45, 2.75) is 20.1 Å². The average Bonchev–Trinajstić information content (AvgIpc) is 2.76. The number of hydrogen-bond acceptors (Lipinski definition) is 3. The minimum Gasteiger partial charge on any atom is -0.484 e. The zero-order valence-corrected chi connectivity index (χ0v) is 8.63. The van der Waals surface area contributed by atoms with Crippen LogP contribution in [0, 0.1) is 0 Å². The lowest BCUT2D eigenvalue weighted by molar-refractivity contribution is 0.301. The minimum atomic E-state index is 0.482. The van der Waals surface area contributed by atoms with Gasteiger partial charge in [0, 0.05) is 12.7 Å². The van der Waals surface area contributed by atoms with Gasteiger partial charge in [-0.1, -0.05) is 6.07 Å². The summed E-state index contributed by atoms with van der Waals surface area (Å²) in [4.78, 5) is 4.17. The third kappa shape index (κ3) is 2.56. The zero-order valence-electron chi connectivity index (χ0n) is 8.63. The van der Waals surface area contributed by atoms with Crippen LogP contribution in [0.4, 0.5) is 0 Å². The molecule has 0 saturated heterocycles. The van der Waals surface area contributed by atoms with Crippen LogP contribution in [0.1, 0.15) is 12.6 Å². The molecule has 0 N–H and O–H groups in total. The van der Waals surface area contributed by atoms with E-state index < -0.39 is 0 Å². The molecule has 0 aromatic carbocycles. The Morgan fingerprint density at radius 3 is 3.00 bits per heavy atom. The summed E-state index contributed by atoms with van der Waals surface area (Å²) in [5.74, 6) is 0.780. The molecule has 78 valence electrons. The fraction of sp³-hybridized carbons (Fsp3) is 0.273. The van der Waals surface area contributed by atoms with Crippen LogP contribution in [0.5, 0.6) is 5.75 Å². The number of nitrogens with zero attached hydrogens (tertiary/aromatic N) is 3. The van der Waals surface area contributed by atoms with E-state index in [1.54, 1.807) is 12.4 Å². The molecule has 0 saturated carbocycles. The van der Waals surface area contributed by atoms with Crippen LogP contribution in [0.2, 0.25) is 0 Å². The van der Waals surface area contributed by atoms with Crippen molar-refractivity contribution < 1.29 is 4.74 Å². The van der Waals surface area contributed by atoms with Gasteiger partial charge in [-0.05, 0) is 19.1 Å². The van der Waals surface area contributed by atoms with Crippen molar-refractivity contribution in [1.29, 1.82) is 0 Å². The first-order valence-electron chi connectivity index (χ1n) is 4.93. The maximum Gasteiger partial charge on any atom is 0.157 e. The molecule has 4 heteroatoms. The molecule has 0 unspecified atom stereocenters. The van der Waals surface area contributed by atoms with Crippen LogP contribution < -0.4 is 4.74 Å². The van der Waals surface area contributed by atoms with Crippen molar-refractivity contribution in [3.8, 4) is 5.75 Å². The first kappa shape index (κ1) is 9.71. The van der Waals surface area contributed by atoms with E-state index in [0.717, 1.165) is 18.0 Å². The number of rotatable bonds is 4. The average molecular weight is 203 g/mol. The lowest BCUT2D eigenvalue weighted by Crippen LogP contribution is -1.96. The summed E-state index contributed by atoms with van der Waals surface area (Å²) in [6.07, 6.45) is 5.35. The van der Waals surface area contributed by atoms with Gasteiger partial charge in [-0.15, -0.1) is 0 Å². The highest BCUT2D eigenvalue weighted by atomic mass is 16.5. The van der Waals surface area contributed by atoms with Crippen molar-refractivity contribution in [2.75, 3.05) is 0 Å². The van der Waals surface area contributed by atoms with Gasteiger partial charge < -0.3 is 4.74 Å². The molecule has 0 atom stereocenters. The fourth-order valence-corrected chi connectivity index (χ4v) is 1.23. The summed E-state index contributed by atoms with van der Waals surface area (Å²) in [7, 11) is 0. The van der Waals surface area contributed by atoms with E-state index in [2.05, 4.69) is 10.1 Å². The quantitative estimate of drug-likeness (QED) is 0.761. The summed E-state index contributed by atoms with van der Waals surface area (Å²) in [6, 6.07) is 5.77. The highest BCUT2D eigenvalue weighted by molar-refractivity contribution is 5.12. The summed E-state index contributed by atoms with van der Waals surface area (Å²) in [6.45, 7) is 3.37. The van der Waals surface area contributed by atoms with E-state index in [1.165, 1.54) is 0 Å². The molecule has 2 aromatic rings. The monoisotopic (exact) mass is 203 g/mol. The van der Waals surface area contributed by atoms with Crippen LogP contribution in [0.25, 0.3) is 0 Å².